The molecule has 2 aromatic heterocycles. The third-order valence-corrected chi connectivity index (χ3v) is 9.63. The van der Waals surface area contributed by atoms with Crippen LogP contribution in [0.5, 0.6) is 0 Å². The molecule has 216 valence electrons. The van der Waals surface area contributed by atoms with Crippen LogP contribution in [-0.2, 0) is 9.59 Å². The SMILES string of the molecule is CC(=O)Nc1ccc(C2C(C(=O)c3cc(C)sc3C)C(c3sccc3C)N(C(=O)Nc3ccccc3)C2C(=O)O)cc1. The minimum absolute atomic E-state index is 0.202. The van der Waals surface area contributed by atoms with Gasteiger partial charge in [-0.2, -0.15) is 0 Å². The molecule has 1 aliphatic rings. The van der Waals surface area contributed by atoms with Gasteiger partial charge in [-0.15, -0.1) is 22.7 Å². The molecule has 3 N–H and O–H groups in total. The summed E-state index contributed by atoms with van der Waals surface area (Å²) in [5.74, 6) is -3.40. The molecule has 0 bridgehead atoms. The molecular weight excluding hydrogens is 571 g/mol. The van der Waals surface area contributed by atoms with Gasteiger partial charge in [0.1, 0.15) is 6.04 Å². The second-order valence-corrected chi connectivity index (χ2v) is 12.9. The van der Waals surface area contributed by atoms with Gasteiger partial charge in [0.15, 0.2) is 5.78 Å². The molecule has 4 unspecified atom stereocenters. The first-order valence-electron chi connectivity index (χ1n) is 13.5. The highest BCUT2D eigenvalue weighted by atomic mass is 32.1. The average molecular weight is 602 g/mol. The third-order valence-electron chi connectivity index (χ3n) is 7.57. The van der Waals surface area contributed by atoms with Crippen LogP contribution in [-0.4, -0.2) is 39.7 Å². The van der Waals surface area contributed by atoms with Gasteiger partial charge in [-0.05, 0) is 73.7 Å². The van der Waals surface area contributed by atoms with Crippen molar-refractivity contribution in [3.05, 3.63) is 103 Å². The molecule has 0 aliphatic carbocycles. The summed E-state index contributed by atoms with van der Waals surface area (Å²) in [4.78, 5) is 57.4. The van der Waals surface area contributed by atoms with Crippen molar-refractivity contribution in [1.29, 1.82) is 0 Å². The maximum Gasteiger partial charge on any atom is 0.327 e. The number of carbonyl (C=O) groups excluding carboxylic acids is 3. The van der Waals surface area contributed by atoms with E-state index in [4.69, 9.17) is 0 Å². The number of nitrogens with zero attached hydrogens (tertiary/aromatic N) is 1. The van der Waals surface area contributed by atoms with Crippen LogP contribution < -0.4 is 10.6 Å². The number of anilines is 2. The van der Waals surface area contributed by atoms with Gasteiger partial charge in [0.05, 0.1) is 12.0 Å². The van der Waals surface area contributed by atoms with Crippen molar-refractivity contribution < 1.29 is 24.3 Å². The van der Waals surface area contributed by atoms with Crippen molar-refractivity contribution in [3.63, 3.8) is 0 Å². The molecule has 42 heavy (non-hydrogen) atoms. The number of carboxylic acids is 1. The van der Waals surface area contributed by atoms with Crippen molar-refractivity contribution in [1.82, 2.24) is 4.90 Å². The quantitative estimate of drug-likeness (QED) is 0.197. The van der Waals surface area contributed by atoms with Crippen LogP contribution in [0.3, 0.4) is 0 Å². The van der Waals surface area contributed by atoms with E-state index in [-0.39, 0.29) is 11.7 Å². The zero-order valence-corrected chi connectivity index (χ0v) is 25.2. The summed E-state index contributed by atoms with van der Waals surface area (Å²) in [6.45, 7) is 7.13. The molecule has 3 heterocycles. The predicted octanol–water partition coefficient (Wildman–Crippen LogP) is 7.02. The number of urea groups is 1. The zero-order valence-electron chi connectivity index (χ0n) is 23.6. The monoisotopic (exact) mass is 601 g/mol. The van der Waals surface area contributed by atoms with E-state index in [1.165, 1.54) is 34.5 Å². The number of carboxylic acid groups (broad SMARTS) is 1. The predicted molar refractivity (Wildman–Crippen MR) is 166 cm³/mol. The van der Waals surface area contributed by atoms with E-state index in [0.717, 1.165) is 20.2 Å². The Hall–Kier alpha value is -4.28. The minimum Gasteiger partial charge on any atom is -0.480 e. The Balaban J connectivity index is 1.71. The van der Waals surface area contributed by atoms with Gasteiger partial charge in [0.2, 0.25) is 5.91 Å². The number of ketones is 1. The normalized spacial score (nSPS) is 19.9. The van der Waals surface area contributed by atoms with E-state index in [1.807, 2.05) is 44.4 Å². The number of rotatable bonds is 7. The largest absolute Gasteiger partial charge is 0.480 e. The van der Waals surface area contributed by atoms with Crippen molar-refractivity contribution >= 4 is 57.7 Å². The highest BCUT2D eigenvalue weighted by Crippen LogP contribution is 2.53. The maximum absolute atomic E-state index is 14.6. The molecule has 1 fully saturated rings. The number of carbonyl (C=O) groups is 4. The van der Waals surface area contributed by atoms with Crippen LogP contribution in [0, 0.1) is 26.7 Å². The number of aryl methyl sites for hydroxylation is 3. The summed E-state index contributed by atoms with van der Waals surface area (Å²) in [5.41, 5.74) is 3.07. The van der Waals surface area contributed by atoms with Gasteiger partial charge in [-0.25, -0.2) is 9.59 Å². The van der Waals surface area contributed by atoms with Crippen molar-refractivity contribution in [2.24, 2.45) is 5.92 Å². The maximum atomic E-state index is 14.6. The fraction of sp³-hybridized carbons (Fsp3) is 0.250. The van der Waals surface area contributed by atoms with Gasteiger partial charge >= 0.3 is 12.0 Å². The van der Waals surface area contributed by atoms with Gasteiger partial charge in [-0.3, -0.25) is 9.59 Å². The molecule has 4 aromatic rings. The molecule has 0 radical (unpaired) electrons. The van der Waals surface area contributed by atoms with Crippen LogP contribution in [0.15, 0.2) is 72.1 Å². The summed E-state index contributed by atoms with van der Waals surface area (Å²) in [7, 11) is 0. The Kier molecular flexibility index (Phi) is 8.29. The fourth-order valence-corrected chi connectivity index (χ4v) is 7.87. The van der Waals surface area contributed by atoms with E-state index in [1.54, 1.807) is 48.5 Å². The molecule has 8 nitrogen and oxygen atoms in total. The van der Waals surface area contributed by atoms with Gasteiger partial charge in [0, 0.05) is 44.4 Å². The van der Waals surface area contributed by atoms with Crippen molar-refractivity contribution in [3.8, 4) is 0 Å². The Labute approximate surface area is 252 Å². The number of thiophene rings is 2. The van der Waals surface area contributed by atoms with Gasteiger partial charge in [-0.1, -0.05) is 30.3 Å². The van der Waals surface area contributed by atoms with Crippen LogP contribution in [0.2, 0.25) is 0 Å². The number of aliphatic carboxylic acids is 1. The first kappa shape index (κ1) is 29.2. The molecule has 5 rings (SSSR count). The van der Waals surface area contributed by atoms with Crippen LogP contribution in [0.4, 0.5) is 16.2 Å². The van der Waals surface area contributed by atoms with E-state index in [9.17, 15) is 24.3 Å². The second-order valence-electron chi connectivity index (χ2n) is 10.4. The lowest BCUT2D eigenvalue weighted by molar-refractivity contribution is -0.142. The Morgan fingerprint density at radius 2 is 1.55 bits per heavy atom. The summed E-state index contributed by atoms with van der Waals surface area (Å²) < 4.78 is 0. The number of likely N-dealkylation sites (tertiary alicyclic amines) is 1. The lowest BCUT2D eigenvalue weighted by atomic mass is 9.77. The second kappa shape index (κ2) is 11.9. The fourth-order valence-electron chi connectivity index (χ4n) is 5.87. The van der Waals surface area contributed by atoms with E-state index >= 15 is 0 Å². The number of hydrogen-bond donors (Lipinski definition) is 3. The van der Waals surface area contributed by atoms with Crippen LogP contribution in [0.1, 0.15) is 55.0 Å². The molecule has 4 atom stereocenters. The Morgan fingerprint density at radius 1 is 0.881 bits per heavy atom. The van der Waals surface area contributed by atoms with E-state index < -0.39 is 35.9 Å². The van der Waals surface area contributed by atoms with Crippen LogP contribution in [0.25, 0.3) is 0 Å². The van der Waals surface area contributed by atoms with Crippen molar-refractivity contribution in [2.75, 3.05) is 10.6 Å². The Morgan fingerprint density at radius 3 is 2.10 bits per heavy atom. The number of hydrogen-bond acceptors (Lipinski definition) is 6. The number of Topliss-reactive ketones (excluding diaryl/α,β-unsaturated/α-hetero) is 1. The van der Waals surface area contributed by atoms with Gasteiger partial charge < -0.3 is 20.6 Å². The topological polar surface area (TPSA) is 116 Å². The third kappa shape index (κ3) is 5.60. The highest BCUT2D eigenvalue weighted by Gasteiger charge is 2.58. The Bertz CT molecular complexity index is 1640. The first-order chi connectivity index (χ1) is 20.1. The lowest BCUT2D eigenvalue weighted by Gasteiger charge is -2.30. The molecule has 0 spiro atoms. The summed E-state index contributed by atoms with van der Waals surface area (Å²) in [6, 6.07) is 16.7. The number of amides is 3. The molecule has 3 amide bonds. The number of nitrogens with one attached hydrogen (secondary N) is 2. The highest BCUT2D eigenvalue weighted by molar-refractivity contribution is 7.12. The molecule has 2 aromatic carbocycles. The minimum atomic E-state index is -1.35. The number of para-hydroxylation sites is 1. The first-order valence-corrected chi connectivity index (χ1v) is 15.2. The smallest absolute Gasteiger partial charge is 0.327 e. The summed E-state index contributed by atoms with van der Waals surface area (Å²) in [6.07, 6.45) is 0. The molecule has 1 saturated heterocycles. The summed E-state index contributed by atoms with van der Waals surface area (Å²) >= 11 is 2.92. The zero-order chi connectivity index (χ0) is 30.1. The van der Waals surface area contributed by atoms with E-state index in [2.05, 4.69) is 10.6 Å². The number of benzene rings is 2. The summed E-state index contributed by atoms with van der Waals surface area (Å²) in [5, 5.41) is 18.2. The van der Waals surface area contributed by atoms with Crippen LogP contribution >= 0.6 is 22.7 Å². The molecule has 1 aliphatic heterocycles. The van der Waals surface area contributed by atoms with Gasteiger partial charge in [0.25, 0.3) is 0 Å². The average Bonchev–Trinajstić information content (AvgIpc) is 3.63. The lowest BCUT2D eigenvalue weighted by Crippen LogP contribution is -2.45. The molecular formula is C32H31N3O5S2. The molecule has 10 heteroatoms. The standard InChI is InChI=1S/C32H31N3O5S2/c1-17-14-15-41-30(17)27-26(29(37)24-16-18(2)42-19(24)3)25(21-10-12-23(13-11-21)33-20(4)36)28(31(38)39)35(27)32(40)34-22-8-6-5-7-9-22/h5-16,25-28H,1-4H3,(H,33,36)(H,34,40)(H,38,39). The molecule has 0 saturated carbocycles. The van der Waals surface area contributed by atoms with E-state index in [0.29, 0.717) is 22.5 Å². The van der Waals surface area contributed by atoms with Crippen molar-refractivity contribution in [2.45, 2.75) is 45.7 Å².